The molecule has 6 heteroatoms. The van der Waals surface area contributed by atoms with Crippen LogP contribution in [-0.2, 0) is 13.1 Å². The third-order valence-electron chi connectivity index (χ3n) is 4.36. The highest BCUT2D eigenvalue weighted by molar-refractivity contribution is 5.25. The zero-order valence-electron chi connectivity index (χ0n) is 14.9. The van der Waals surface area contributed by atoms with Gasteiger partial charge in [0.1, 0.15) is 5.82 Å². The molecule has 132 valence electrons. The molecule has 0 fully saturated rings. The first kappa shape index (κ1) is 18.6. The van der Waals surface area contributed by atoms with Crippen LogP contribution < -0.4 is 5.32 Å². The van der Waals surface area contributed by atoms with E-state index in [0.717, 1.165) is 23.5 Å². The molecule has 1 heterocycles. The molecule has 1 aromatic heterocycles. The number of benzene rings is 1. The lowest BCUT2D eigenvalue weighted by atomic mass is 10.1. The van der Waals surface area contributed by atoms with Crippen molar-refractivity contribution in [3.05, 3.63) is 52.6 Å². The van der Waals surface area contributed by atoms with Gasteiger partial charge in [-0.25, -0.2) is 4.39 Å². The van der Waals surface area contributed by atoms with Gasteiger partial charge in [0.25, 0.3) is 0 Å². The van der Waals surface area contributed by atoms with Crippen LogP contribution in [0.15, 0.2) is 24.3 Å². The first-order valence-electron chi connectivity index (χ1n) is 8.20. The number of hydrogen-bond acceptors (Lipinski definition) is 4. The van der Waals surface area contributed by atoms with Crippen LogP contribution in [0.5, 0.6) is 0 Å². The molecule has 2 rings (SSSR count). The standard InChI is InChI=1S/C18H27FN4O/c1-13-17(14(2)23(21-13)9-10-24)11-20-12-18(22(3)4)15-5-7-16(19)8-6-15/h5-8,18,20,24H,9-12H2,1-4H3/t18-/m1/s1. The minimum Gasteiger partial charge on any atom is -0.394 e. The van der Waals surface area contributed by atoms with Gasteiger partial charge in [0, 0.05) is 30.4 Å². The van der Waals surface area contributed by atoms with Crippen LogP contribution in [0.4, 0.5) is 4.39 Å². The predicted octanol–water partition coefficient (Wildman–Crippen LogP) is 2.02. The van der Waals surface area contributed by atoms with Gasteiger partial charge < -0.3 is 15.3 Å². The highest BCUT2D eigenvalue weighted by Crippen LogP contribution is 2.19. The van der Waals surface area contributed by atoms with E-state index in [1.807, 2.05) is 44.8 Å². The Morgan fingerprint density at radius 1 is 1.25 bits per heavy atom. The summed E-state index contributed by atoms with van der Waals surface area (Å²) in [6.07, 6.45) is 0. The minimum absolute atomic E-state index is 0.0854. The van der Waals surface area contributed by atoms with Gasteiger partial charge in [-0.15, -0.1) is 0 Å². The molecule has 0 saturated heterocycles. The Morgan fingerprint density at radius 3 is 2.50 bits per heavy atom. The lowest BCUT2D eigenvalue weighted by Gasteiger charge is -2.25. The normalized spacial score (nSPS) is 12.8. The molecule has 0 saturated carbocycles. The summed E-state index contributed by atoms with van der Waals surface area (Å²) in [5.74, 6) is -0.216. The summed E-state index contributed by atoms with van der Waals surface area (Å²) in [7, 11) is 4.04. The SMILES string of the molecule is Cc1nn(CCO)c(C)c1CNC[C@H](c1ccc(F)cc1)N(C)C. The summed E-state index contributed by atoms with van der Waals surface area (Å²) in [4.78, 5) is 2.12. The maximum atomic E-state index is 13.1. The third kappa shape index (κ3) is 4.41. The van der Waals surface area contributed by atoms with Crippen molar-refractivity contribution < 1.29 is 9.50 Å². The molecule has 0 aliphatic rings. The van der Waals surface area contributed by atoms with E-state index in [9.17, 15) is 4.39 Å². The molecule has 2 aromatic rings. The smallest absolute Gasteiger partial charge is 0.123 e. The molecule has 0 unspecified atom stereocenters. The first-order valence-corrected chi connectivity index (χ1v) is 8.20. The first-order chi connectivity index (χ1) is 11.4. The average molecular weight is 334 g/mol. The maximum absolute atomic E-state index is 13.1. The summed E-state index contributed by atoms with van der Waals surface area (Å²) in [6.45, 7) is 6.08. The van der Waals surface area contributed by atoms with Gasteiger partial charge in [0.2, 0.25) is 0 Å². The predicted molar refractivity (Wildman–Crippen MR) is 93.3 cm³/mol. The number of aryl methyl sites for hydroxylation is 1. The van der Waals surface area contributed by atoms with Crippen LogP contribution in [0.2, 0.25) is 0 Å². The van der Waals surface area contributed by atoms with E-state index >= 15 is 0 Å². The number of nitrogens with zero attached hydrogens (tertiary/aromatic N) is 3. The van der Waals surface area contributed by atoms with Crippen LogP contribution in [0.1, 0.15) is 28.6 Å². The quantitative estimate of drug-likeness (QED) is 0.776. The largest absolute Gasteiger partial charge is 0.394 e. The molecular weight excluding hydrogens is 307 g/mol. The summed E-state index contributed by atoms with van der Waals surface area (Å²) in [6, 6.07) is 6.83. The topological polar surface area (TPSA) is 53.3 Å². The fourth-order valence-electron chi connectivity index (χ4n) is 2.92. The Labute approximate surface area is 143 Å². The molecule has 1 aromatic carbocycles. The number of nitrogens with one attached hydrogen (secondary N) is 1. The monoisotopic (exact) mass is 334 g/mol. The van der Waals surface area contributed by atoms with Gasteiger partial charge >= 0.3 is 0 Å². The summed E-state index contributed by atoms with van der Waals surface area (Å²) in [5.41, 5.74) is 4.31. The number of halogens is 1. The van der Waals surface area contributed by atoms with E-state index in [0.29, 0.717) is 13.1 Å². The Hall–Kier alpha value is -1.76. The van der Waals surface area contributed by atoms with Gasteiger partial charge in [0.15, 0.2) is 0 Å². The zero-order valence-corrected chi connectivity index (χ0v) is 14.9. The van der Waals surface area contributed by atoms with Crippen molar-refractivity contribution in [1.82, 2.24) is 20.0 Å². The van der Waals surface area contributed by atoms with Crippen molar-refractivity contribution in [3.63, 3.8) is 0 Å². The van der Waals surface area contributed by atoms with Gasteiger partial charge in [0.05, 0.1) is 18.8 Å². The second-order valence-corrected chi connectivity index (χ2v) is 6.26. The van der Waals surface area contributed by atoms with Crippen LogP contribution in [0.3, 0.4) is 0 Å². The van der Waals surface area contributed by atoms with E-state index in [1.54, 1.807) is 0 Å². The molecule has 24 heavy (non-hydrogen) atoms. The Kier molecular flexibility index (Phi) is 6.48. The molecule has 0 spiro atoms. The molecule has 0 aliphatic carbocycles. The highest BCUT2D eigenvalue weighted by atomic mass is 19.1. The van der Waals surface area contributed by atoms with Crippen molar-refractivity contribution in [2.24, 2.45) is 0 Å². The van der Waals surface area contributed by atoms with E-state index in [-0.39, 0.29) is 18.5 Å². The number of hydrogen-bond donors (Lipinski definition) is 2. The average Bonchev–Trinajstić information content (AvgIpc) is 2.80. The van der Waals surface area contributed by atoms with Crippen molar-refractivity contribution in [2.45, 2.75) is 33.0 Å². The number of rotatable bonds is 8. The second-order valence-electron chi connectivity index (χ2n) is 6.26. The van der Waals surface area contributed by atoms with Gasteiger partial charge in [-0.2, -0.15) is 5.10 Å². The molecule has 0 radical (unpaired) electrons. The van der Waals surface area contributed by atoms with Gasteiger partial charge in [-0.05, 0) is 45.6 Å². The molecule has 0 aliphatic heterocycles. The number of aromatic nitrogens is 2. The second kappa shape index (κ2) is 8.37. The van der Waals surface area contributed by atoms with E-state index in [2.05, 4.69) is 15.3 Å². The number of aliphatic hydroxyl groups is 1. The molecule has 2 N–H and O–H groups in total. The van der Waals surface area contributed by atoms with Crippen LogP contribution in [0, 0.1) is 19.7 Å². The van der Waals surface area contributed by atoms with E-state index < -0.39 is 0 Å². The highest BCUT2D eigenvalue weighted by Gasteiger charge is 2.15. The fourth-order valence-corrected chi connectivity index (χ4v) is 2.92. The van der Waals surface area contributed by atoms with Gasteiger partial charge in [-0.3, -0.25) is 4.68 Å². The van der Waals surface area contributed by atoms with Crippen LogP contribution in [0.25, 0.3) is 0 Å². The molecule has 0 bridgehead atoms. The van der Waals surface area contributed by atoms with Crippen molar-refractivity contribution in [3.8, 4) is 0 Å². The Balaban J connectivity index is 2.02. The fraction of sp³-hybridized carbons (Fsp3) is 0.500. The van der Waals surface area contributed by atoms with Gasteiger partial charge in [-0.1, -0.05) is 12.1 Å². The third-order valence-corrected chi connectivity index (χ3v) is 4.36. The zero-order chi connectivity index (χ0) is 17.7. The minimum atomic E-state index is -0.216. The van der Waals surface area contributed by atoms with Crippen molar-refractivity contribution in [1.29, 1.82) is 0 Å². The summed E-state index contributed by atoms with van der Waals surface area (Å²) in [5, 5.41) is 17.0. The molecular formula is C18H27FN4O. The Morgan fingerprint density at radius 2 is 1.92 bits per heavy atom. The van der Waals surface area contributed by atoms with E-state index in [4.69, 9.17) is 5.11 Å². The van der Waals surface area contributed by atoms with Crippen LogP contribution >= 0.6 is 0 Å². The number of aliphatic hydroxyl groups excluding tert-OH is 1. The Bertz CT molecular complexity index is 652. The maximum Gasteiger partial charge on any atom is 0.123 e. The molecule has 1 atom stereocenters. The molecule has 5 nitrogen and oxygen atoms in total. The lowest BCUT2D eigenvalue weighted by molar-refractivity contribution is 0.267. The van der Waals surface area contributed by atoms with Crippen molar-refractivity contribution >= 4 is 0 Å². The lowest BCUT2D eigenvalue weighted by Crippen LogP contribution is -2.31. The van der Waals surface area contributed by atoms with Crippen molar-refractivity contribution in [2.75, 3.05) is 27.2 Å². The summed E-state index contributed by atoms with van der Waals surface area (Å²) >= 11 is 0. The van der Waals surface area contributed by atoms with Crippen LogP contribution in [-0.4, -0.2) is 47.0 Å². The summed E-state index contributed by atoms with van der Waals surface area (Å²) < 4.78 is 15.0. The molecule has 0 amide bonds. The number of likely N-dealkylation sites (N-methyl/N-ethyl adjacent to an activating group) is 1. The van der Waals surface area contributed by atoms with E-state index in [1.165, 1.54) is 17.7 Å².